The van der Waals surface area contributed by atoms with Crippen molar-refractivity contribution in [3.63, 3.8) is 0 Å². The van der Waals surface area contributed by atoms with Gasteiger partial charge in [-0.15, -0.1) is 0 Å². The van der Waals surface area contributed by atoms with Gasteiger partial charge in [0.15, 0.2) is 0 Å². The average Bonchev–Trinajstić information content (AvgIpc) is 2.36. The van der Waals surface area contributed by atoms with E-state index in [-0.39, 0.29) is 18.5 Å². The van der Waals surface area contributed by atoms with Crippen LogP contribution in [-0.2, 0) is 4.79 Å². The average molecular weight is 301 g/mol. The molecule has 0 saturated carbocycles. The molecule has 1 heterocycles. The van der Waals surface area contributed by atoms with E-state index in [1.807, 2.05) is 11.8 Å². The SMILES string of the molecule is CC(c1cc(F)cc(F)c1)N1CCSCC1CC(=O)O. The summed E-state index contributed by atoms with van der Waals surface area (Å²) in [5, 5.41) is 8.97. The van der Waals surface area contributed by atoms with Crippen molar-refractivity contribution in [3.8, 4) is 0 Å². The summed E-state index contributed by atoms with van der Waals surface area (Å²) < 4.78 is 26.6. The number of carbonyl (C=O) groups is 1. The standard InChI is InChI=1S/C14H17F2NO2S/c1-9(10-4-11(15)6-12(16)5-10)17-2-3-20-8-13(17)7-14(18)19/h4-6,9,13H,2-3,7-8H2,1H3,(H,18,19). The van der Waals surface area contributed by atoms with Crippen molar-refractivity contribution in [2.24, 2.45) is 0 Å². The van der Waals surface area contributed by atoms with Gasteiger partial charge in [0.1, 0.15) is 11.6 Å². The molecule has 2 rings (SSSR count). The molecule has 1 aromatic rings. The van der Waals surface area contributed by atoms with Crippen LogP contribution in [0.25, 0.3) is 0 Å². The summed E-state index contributed by atoms with van der Waals surface area (Å²) >= 11 is 1.71. The first-order valence-electron chi connectivity index (χ1n) is 6.48. The van der Waals surface area contributed by atoms with Crippen molar-refractivity contribution in [2.45, 2.75) is 25.4 Å². The second kappa shape index (κ2) is 6.54. The zero-order valence-corrected chi connectivity index (χ0v) is 12.0. The second-order valence-corrected chi connectivity index (χ2v) is 6.09. The molecule has 1 N–H and O–H groups in total. The van der Waals surface area contributed by atoms with E-state index >= 15 is 0 Å². The lowest BCUT2D eigenvalue weighted by molar-refractivity contribution is -0.138. The number of hydrogen-bond donors (Lipinski definition) is 1. The molecule has 0 radical (unpaired) electrons. The lowest BCUT2D eigenvalue weighted by Crippen LogP contribution is -2.44. The minimum atomic E-state index is -0.847. The van der Waals surface area contributed by atoms with E-state index < -0.39 is 17.6 Å². The Morgan fingerprint density at radius 3 is 2.70 bits per heavy atom. The fourth-order valence-corrected chi connectivity index (χ4v) is 3.65. The Balaban J connectivity index is 2.20. The first-order valence-corrected chi connectivity index (χ1v) is 7.64. The smallest absolute Gasteiger partial charge is 0.304 e. The molecule has 6 heteroatoms. The molecule has 1 fully saturated rings. The third-order valence-corrected chi connectivity index (χ3v) is 4.64. The summed E-state index contributed by atoms with van der Waals surface area (Å²) in [6, 6.07) is 3.16. The Labute approximate surface area is 121 Å². The van der Waals surface area contributed by atoms with E-state index in [0.29, 0.717) is 5.56 Å². The van der Waals surface area contributed by atoms with Crippen LogP contribution in [-0.4, -0.2) is 40.1 Å². The Hall–Kier alpha value is -1.14. The highest BCUT2D eigenvalue weighted by Gasteiger charge is 2.29. The highest BCUT2D eigenvalue weighted by atomic mass is 32.2. The molecule has 0 bridgehead atoms. The predicted molar refractivity (Wildman–Crippen MR) is 74.8 cm³/mol. The van der Waals surface area contributed by atoms with Gasteiger partial charge in [-0.1, -0.05) is 0 Å². The third kappa shape index (κ3) is 3.70. The minimum absolute atomic E-state index is 0.0507. The highest BCUT2D eigenvalue weighted by Crippen LogP contribution is 2.29. The van der Waals surface area contributed by atoms with Gasteiger partial charge in [0.25, 0.3) is 0 Å². The van der Waals surface area contributed by atoms with Crippen LogP contribution >= 0.6 is 11.8 Å². The lowest BCUT2D eigenvalue weighted by Gasteiger charge is -2.39. The molecular weight excluding hydrogens is 284 g/mol. The van der Waals surface area contributed by atoms with Crippen molar-refractivity contribution in [2.75, 3.05) is 18.1 Å². The summed E-state index contributed by atoms with van der Waals surface area (Å²) in [7, 11) is 0. The van der Waals surface area contributed by atoms with E-state index in [0.717, 1.165) is 24.1 Å². The quantitative estimate of drug-likeness (QED) is 0.928. The van der Waals surface area contributed by atoms with Crippen LogP contribution in [0.15, 0.2) is 18.2 Å². The Morgan fingerprint density at radius 2 is 2.10 bits per heavy atom. The van der Waals surface area contributed by atoms with Crippen LogP contribution in [0.5, 0.6) is 0 Å². The monoisotopic (exact) mass is 301 g/mol. The van der Waals surface area contributed by atoms with Gasteiger partial charge in [-0.05, 0) is 24.6 Å². The fourth-order valence-electron chi connectivity index (χ4n) is 2.56. The van der Waals surface area contributed by atoms with Gasteiger partial charge in [0, 0.05) is 36.2 Å². The topological polar surface area (TPSA) is 40.5 Å². The maximum atomic E-state index is 13.3. The number of halogens is 2. The van der Waals surface area contributed by atoms with Crippen molar-refractivity contribution < 1.29 is 18.7 Å². The first-order chi connectivity index (χ1) is 9.47. The molecule has 0 aromatic heterocycles. The van der Waals surface area contributed by atoms with E-state index in [2.05, 4.69) is 0 Å². The summed E-state index contributed by atoms with van der Waals surface area (Å²) in [4.78, 5) is 13.0. The molecule has 3 nitrogen and oxygen atoms in total. The Bertz CT molecular complexity index is 478. The van der Waals surface area contributed by atoms with Gasteiger partial charge >= 0.3 is 5.97 Å². The summed E-state index contributed by atoms with van der Waals surface area (Å²) in [5.41, 5.74) is 0.546. The molecule has 2 atom stereocenters. The largest absolute Gasteiger partial charge is 0.481 e. The molecule has 1 aliphatic heterocycles. The van der Waals surface area contributed by atoms with Crippen molar-refractivity contribution in [3.05, 3.63) is 35.4 Å². The Morgan fingerprint density at radius 1 is 1.45 bits per heavy atom. The van der Waals surface area contributed by atoms with Gasteiger partial charge < -0.3 is 5.11 Å². The van der Waals surface area contributed by atoms with Crippen molar-refractivity contribution in [1.29, 1.82) is 0 Å². The molecular formula is C14H17F2NO2S. The van der Waals surface area contributed by atoms with E-state index in [1.54, 1.807) is 11.8 Å². The summed E-state index contributed by atoms with van der Waals surface area (Å²) in [6.45, 7) is 2.58. The zero-order valence-electron chi connectivity index (χ0n) is 11.2. The molecule has 20 heavy (non-hydrogen) atoms. The molecule has 0 spiro atoms. The number of carboxylic acid groups (broad SMARTS) is 1. The number of rotatable bonds is 4. The molecule has 1 aliphatic rings. The van der Waals surface area contributed by atoms with Gasteiger partial charge in [0.05, 0.1) is 6.42 Å². The van der Waals surface area contributed by atoms with E-state index in [9.17, 15) is 13.6 Å². The highest BCUT2D eigenvalue weighted by molar-refractivity contribution is 7.99. The molecule has 1 saturated heterocycles. The zero-order chi connectivity index (χ0) is 14.7. The van der Waals surface area contributed by atoms with Crippen molar-refractivity contribution in [1.82, 2.24) is 4.90 Å². The number of thioether (sulfide) groups is 1. The third-order valence-electron chi connectivity index (χ3n) is 3.55. The van der Waals surface area contributed by atoms with Gasteiger partial charge in [-0.25, -0.2) is 8.78 Å². The van der Waals surface area contributed by atoms with Gasteiger partial charge in [0.2, 0.25) is 0 Å². The molecule has 110 valence electrons. The molecule has 0 aliphatic carbocycles. The minimum Gasteiger partial charge on any atom is -0.481 e. The summed E-state index contributed by atoms with van der Waals surface area (Å²) in [6.07, 6.45) is 0.0507. The maximum Gasteiger partial charge on any atom is 0.304 e. The van der Waals surface area contributed by atoms with Crippen LogP contribution in [0.4, 0.5) is 8.78 Å². The maximum absolute atomic E-state index is 13.3. The Kier molecular flexibility index (Phi) is 4.99. The van der Waals surface area contributed by atoms with Crippen LogP contribution in [0.1, 0.15) is 24.9 Å². The summed E-state index contributed by atoms with van der Waals surface area (Å²) in [5.74, 6) is -0.423. The first kappa shape index (κ1) is 15.3. The van der Waals surface area contributed by atoms with Crippen LogP contribution in [0, 0.1) is 11.6 Å². The van der Waals surface area contributed by atoms with Gasteiger partial charge in [-0.2, -0.15) is 11.8 Å². The van der Waals surface area contributed by atoms with E-state index in [1.165, 1.54) is 12.1 Å². The second-order valence-electron chi connectivity index (χ2n) is 4.94. The lowest BCUT2D eigenvalue weighted by atomic mass is 10.0. The van der Waals surface area contributed by atoms with Crippen LogP contribution in [0.2, 0.25) is 0 Å². The van der Waals surface area contributed by atoms with Crippen LogP contribution < -0.4 is 0 Å². The number of carboxylic acids is 1. The molecule has 0 amide bonds. The molecule has 2 unspecified atom stereocenters. The predicted octanol–water partition coefficient (Wildman–Crippen LogP) is 2.92. The fraction of sp³-hybridized carbons (Fsp3) is 0.500. The number of nitrogens with zero attached hydrogens (tertiary/aromatic N) is 1. The molecule has 1 aromatic carbocycles. The van der Waals surface area contributed by atoms with Crippen LogP contribution in [0.3, 0.4) is 0 Å². The number of hydrogen-bond acceptors (Lipinski definition) is 3. The van der Waals surface area contributed by atoms with E-state index in [4.69, 9.17) is 5.11 Å². The number of benzene rings is 1. The normalized spacial score (nSPS) is 21.6. The van der Waals surface area contributed by atoms with Gasteiger partial charge in [-0.3, -0.25) is 9.69 Å². The number of aliphatic carboxylic acids is 1. The van der Waals surface area contributed by atoms with Crippen molar-refractivity contribution >= 4 is 17.7 Å².